The summed E-state index contributed by atoms with van der Waals surface area (Å²) in [6, 6.07) is 14.5. The van der Waals surface area contributed by atoms with Gasteiger partial charge in [0.25, 0.3) is 0 Å². The highest BCUT2D eigenvalue weighted by Gasteiger charge is 2.20. The van der Waals surface area contributed by atoms with Crippen molar-refractivity contribution in [2.75, 3.05) is 30.2 Å². The number of amides is 1. The van der Waals surface area contributed by atoms with Crippen molar-refractivity contribution in [3.8, 4) is 0 Å². The average molecular weight is 450 g/mol. The molecule has 2 aromatic rings. The Morgan fingerprint density at radius 3 is 2.40 bits per heavy atom. The van der Waals surface area contributed by atoms with Crippen LogP contribution in [0.5, 0.6) is 0 Å². The minimum Gasteiger partial charge on any atom is -0.350 e. The molecule has 1 fully saturated rings. The van der Waals surface area contributed by atoms with E-state index in [4.69, 9.17) is 11.6 Å². The van der Waals surface area contributed by atoms with E-state index >= 15 is 0 Å². The molecule has 1 N–H and O–H groups in total. The van der Waals surface area contributed by atoms with E-state index in [0.29, 0.717) is 17.3 Å². The van der Waals surface area contributed by atoms with Gasteiger partial charge >= 0.3 is 0 Å². The summed E-state index contributed by atoms with van der Waals surface area (Å²) in [7, 11) is -3.61. The second-order valence-corrected chi connectivity index (χ2v) is 10.0. The molecule has 1 saturated heterocycles. The predicted molar refractivity (Wildman–Crippen MR) is 121 cm³/mol. The molecule has 0 unspecified atom stereocenters. The number of carbonyl (C=O) groups is 1. The van der Waals surface area contributed by atoms with Crippen molar-refractivity contribution < 1.29 is 13.2 Å². The topological polar surface area (TPSA) is 69.7 Å². The van der Waals surface area contributed by atoms with Crippen molar-refractivity contribution >= 4 is 33.2 Å². The molecule has 3 rings (SSSR count). The van der Waals surface area contributed by atoms with Gasteiger partial charge in [-0.1, -0.05) is 42.3 Å². The SMILES string of the molecule is CS(=O)(=O)N(CC(=O)NCc1cccc(CN2CCCCC2)c1)c1ccc(Cl)cc1. The highest BCUT2D eigenvalue weighted by Crippen LogP contribution is 2.20. The van der Waals surface area contributed by atoms with Crippen molar-refractivity contribution in [1.29, 1.82) is 0 Å². The number of likely N-dealkylation sites (tertiary alicyclic amines) is 1. The number of rotatable bonds is 8. The van der Waals surface area contributed by atoms with Crippen molar-refractivity contribution in [3.05, 3.63) is 64.7 Å². The average Bonchev–Trinajstić information content (AvgIpc) is 2.72. The number of carbonyl (C=O) groups excluding carboxylic acids is 1. The Labute approximate surface area is 183 Å². The molecule has 1 aliphatic rings. The molecule has 0 bridgehead atoms. The predicted octanol–water partition coefficient (Wildman–Crippen LogP) is 3.41. The lowest BCUT2D eigenvalue weighted by Crippen LogP contribution is -2.40. The molecule has 0 aliphatic carbocycles. The molecule has 0 radical (unpaired) electrons. The van der Waals surface area contributed by atoms with Gasteiger partial charge in [-0.15, -0.1) is 0 Å². The Bertz CT molecular complexity index is 958. The van der Waals surface area contributed by atoms with Gasteiger partial charge in [-0.05, 0) is 61.3 Å². The number of hydrogen-bond acceptors (Lipinski definition) is 4. The van der Waals surface area contributed by atoms with Gasteiger partial charge in [-0.3, -0.25) is 14.0 Å². The van der Waals surface area contributed by atoms with Gasteiger partial charge in [-0.25, -0.2) is 8.42 Å². The van der Waals surface area contributed by atoms with Gasteiger partial charge < -0.3 is 5.32 Å². The summed E-state index contributed by atoms with van der Waals surface area (Å²) in [6.07, 6.45) is 4.89. The van der Waals surface area contributed by atoms with Crippen LogP contribution in [-0.2, 0) is 27.9 Å². The number of anilines is 1. The molecular formula is C22H28ClN3O3S. The van der Waals surface area contributed by atoms with Crippen LogP contribution in [0.15, 0.2) is 48.5 Å². The van der Waals surface area contributed by atoms with Crippen LogP contribution in [0, 0.1) is 0 Å². The van der Waals surface area contributed by atoms with E-state index in [9.17, 15) is 13.2 Å². The van der Waals surface area contributed by atoms with Crippen molar-refractivity contribution in [2.45, 2.75) is 32.4 Å². The molecule has 0 saturated carbocycles. The molecule has 0 atom stereocenters. The largest absolute Gasteiger partial charge is 0.350 e. The Balaban J connectivity index is 1.58. The van der Waals surface area contributed by atoms with E-state index < -0.39 is 10.0 Å². The maximum Gasteiger partial charge on any atom is 0.241 e. The van der Waals surface area contributed by atoms with E-state index in [1.807, 2.05) is 12.1 Å². The van der Waals surface area contributed by atoms with E-state index in [2.05, 4.69) is 22.3 Å². The van der Waals surface area contributed by atoms with Crippen LogP contribution in [0.2, 0.25) is 5.02 Å². The summed E-state index contributed by atoms with van der Waals surface area (Å²) in [6.45, 7) is 3.25. The molecule has 1 heterocycles. The first-order chi connectivity index (χ1) is 14.3. The summed E-state index contributed by atoms with van der Waals surface area (Å²) in [5.74, 6) is -0.364. The number of benzene rings is 2. The van der Waals surface area contributed by atoms with Crippen molar-refractivity contribution in [2.24, 2.45) is 0 Å². The lowest BCUT2D eigenvalue weighted by molar-refractivity contribution is -0.119. The summed E-state index contributed by atoms with van der Waals surface area (Å²) in [5, 5.41) is 3.33. The highest BCUT2D eigenvalue weighted by molar-refractivity contribution is 7.92. The van der Waals surface area contributed by atoms with Gasteiger partial charge in [0.15, 0.2) is 0 Å². The molecule has 1 aliphatic heterocycles. The molecule has 30 heavy (non-hydrogen) atoms. The number of nitrogens with one attached hydrogen (secondary N) is 1. The van der Waals surface area contributed by atoms with E-state index in [1.165, 1.54) is 24.8 Å². The Kier molecular flexibility index (Phi) is 7.75. The van der Waals surface area contributed by atoms with E-state index in [0.717, 1.165) is 35.8 Å². The second-order valence-electron chi connectivity index (χ2n) is 7.68. The standard InChI is InChI=1S/C22H28ClN3O3S/c1-30(28,29)26(21-10-8-20(23)9-11-21)17-22(27)24-15-18-6-5-7-19(14-18)16-25-12-3-2-4-13-25/h5-11,14H,2-4,12-13,15-17H2,1H3,(H,24,27). The maximum atomic E-state index is 12.5. The zero-order chi connectivity index (χ0) is 21.6. The summed E-state index contributed by atoms with van der Waals surface area (Å²) < 4.78 is 25.4. The Hall–Kier alpha value is -2.09. The number of hydrogen-bond donors (Lipinski definition) is 1. The summed E-state index contributed by atoms with van der Waals surface area (Å²) >= 11 is 5.88. The molecular weight excluding hydrogens is 422 g/mol. The number of nitrogens with zero attached hydrogens (tertiary/aromatic N) is 2. The summed E-state index contributed by atoms with van der Waals surface area (Å²) in [5.41, 5.74) is 2.62. The number of piperidine rings is 1. The zero-order valence-corrected chi connectivity index (χ0v) is 18.8. The van der Waals surface area contributed by atoms with Crippen molar-refractivity contribution in [3.63, 3.8) is 0 Å². The lowest BCUT2D eigenvalue weighted by Gasteiger charge is -2.26. The van der Waals surface area contributed by atoms with Crippen LogP contribution >= 0.6 is 11.6 Å². The van der Waals surface area contributed by atoms with Crippen LogP contribution in [0.4, 0.5) is 5.69 Å². The molecule has 1 amide bonds. The van der Waals surface area contributed by atoms with Gasteiger partial charge in [0, 0.05) is 18.1 Å². The monoisotopic (exact) mass is 449 g/mol. The minimum absolute atomic E-state index is 0.284. The molecule has 2 aromatic carbocycles. The second kappa shape index (κ2) is 10.3. The highest BCUT2D eigenvalue weighted by atomic mass is 35.5. The molecule has 0 spiro atoms. The third-order valence-electron chi connectivity index (χ3n) is 5.14. The fourth-order valence-electron chi connectivity index (χ4n) is 3.61. The summed E-state index contributed by atoms with van der Waals surface area (Å²) in [4.78, 5) is 14.9. The quantitative estimate of drug-likeness (QED) is 0.670. The fourth-order valence-corrected chi connectivity index (χ4v) is 4.59. The van der Waals surface area contributed by atoms with Crippen LogP contribution in [0.3, 0.4) is 0 Å². The van der Waals surface area contributed by atoms with Crippen LogP contribution in [0.1, 0.15) is 30.4 Å². The smallest absolute Gasteiger partial charge is 0.241 e. The van der Waals surface area contributed by atoms with Crippen LogP contribution in [0.25, 0.3) is 0 Å². The molecule has 0 aromatic heterocycles. The third kappa shape index (κ3) is 6.72. The number of sulfonamides is 1. The number of halogens is 1. The van der Waals surface area contributed by atoms with Crippen molar-refractivity contribution in [1.82, 2.24) is 10.2 Å². The zero-order valence-electron chi connectivity index (χ0n) is 17.2. The molecule has 8 heteroatoms. The third-order valence-corrected chi connectivity index (χ3v) is 6.53. The minimum atomic E-state index is -3.61. The van der Waals surface area contributed by atoms with Crippen LogP contribution in [-0.4, -0.2) is 45.1 Å². The maximum absolute atomic E-state index is 12.5. The molecule has 6 nitrogen and oxygen atoms in total. The normalized spacial score (nSPS) is 15.0. The van der Waals surface area contributed by atoms with Gasteiger partial charge in [-0.2, -0.15) is 0 Å². The first-order valence-electron chi connectivity index (χ1n) is 10.1. The fraction of sp³-hybridized carbons (Fsp3) is 0.409. The van der Waals surface area contributed by atoms with Gasteiger partial charge in [0.2, 0.25) is 15.9 Å². The lowest BCUT2D eigenvalue weighted by atomic mass is 10.1. The molecule has 162 valence electrons. The first kappa shape index (κ1) is 22.6. The Morgan fingerprint density at radius 1 is 1.07 bits per heavy atom. The van der Waals surface area contributed by atoms with Gasteiger partial charge in [0.1, 0.15) is 6.54 Å². The Morgan fingerprint density at radius 2 is 1.73 bits per heavy atom. The first-order valence-corrected chi connectivity index (χ1v) is 12.3. The van der Waals surface area contributed by atoms with E-state index in [-0.39, 0.29) is 12.5 Å². The van der Waals surface area contributed by atoms with Gasteiger partial charge in [0.05, 0.1) is 11.9 Å². The van der Waals surface area contributed by atoms with E-state index in [1.54, 1.807) is 24.3 Å². The van der Waals surface area contributed by atoms with Crippen LogP contribution < -0.4 is 9.62 Å².